The van der Waals surface area contributed by atoms with Gasteiger partial charge in [-0.1, -0.05) is 0 Å². The Bertz CT molecular complexity index is 463. The van der Waals surface area contributed by atoms with Crippen LogP contribution in [-0.4, -0.2) is 44.1 Å². The highest BCUT2D eigenvalue weighted by molar-refractivity contribution is 5.39. The Morgan fingerprint density at radius 3 is 2.41 bits per heavy atom. The second-order valence-electron chi connectivity index (χ2n) is 6.06. The number of aliphatic hydroxyl groups excluding tert-OH is 1. The number of benzene rings is 1. The number of nitrogens with one attached hydrogen (secondary N) is 1. The van der Waals surface area contributed by atoms with Crippen molar-refractivity contribution in [1.29, 1.82) is 0 Å². The van der Waals surface area contributed by atoms with Gasteiger partial charge in [-0.05, 0) is 44.4 Å². The molecule has 1 heterocycles. The Morgan fingerprint density at radius 1 is 1.27 bits per heavy atom. The second kappa shape index (κ2) is 7.31. The molecule has 5 heteroatoms. The predicted octanol–water partition coefficient (Wildman–Crippen LogP) is 2.28. The van der Waals surface area contributed by atoms with Crippen molar-refractivity contribution in [2.24, 2.45) is 0 Å². The monoisotopic (exact) mass is 309 g/mol. The van der Waals surface area contributed by atoms with Crippen LogP contribution in [0.25, 0.3) is 0 Å². The van der Waals surface area contributed by atoms with Crippen LogP contribution in [0, 0.1) is 0 Å². The number of aliphatic hydroxyl groups is 1. The first-order valence-corrected chi connectivity index (χ1v) is 7.77. The third kappa shape index (κ3) is 3.91. The lowest BCUT2D eigenvalue weighted by Crippen LogP contribution is -2.47. The summed E-state index contributed by atoms with van der Waals surface area (Å²) < 4.78 is 16.3. The Balaban J connectivity index is 1.98. The average Bonchev–Trinajstić information content (AvgIpc) is 2.99. The molecule has 1 aliphatic rings. The summed E-state index contributed by atoms with van der Waals surface area (Å²) in [7, 11) is 3.20. The number of hydrogen-bond donors (Lipinski definition) is 2. The molecule has 0 aliphatic carbocycles. The minimum atomic E-state index is -0.628. The summed E-state index contributed by atoms with van der Waals surface area (Å²) in [6.07, 6.45) is 1.51. The predicted molar refractivity (Wildman–Crippen MR) is 85.6 cm³/mol. The fourth-order valence-corrected chi connectivity index (χ4v) is 2.79. The van der Waals surface area contributed by atoms with Crippen molar-refractivity contribution < 1.29 is 19.3 Å². The maximum Gasteiger partial charge on any atom is 0.122 e. The van der Waals surface area contributed by atoms with Gasteiger partial charge in [0.1, 0.15) is 11.5 Å². The van der Waals surface area contributed by atoms with Gasteiger partial charge in [0.15, 0.2) is 0 Å². The van der Waals surface area contributed by atoms with Crippen LogP contribution in [0.4, 0.5) is 0 Å². The molecule has 0 aromatic heterocycles. The van der Waals surface area contributed by atoms with Crippen molar-refractivity contribution >= 4 is 0 Å². The van der Waals surface area contributed by atoms with Gasteiger partial charge in [0.2, 0.25) is 0 Å². The Kier molecular flexibility index (Phi) is 5.67. The van der Waals surface area contributed by atoms with E-state index in [-0.39, 0.29) is 11.6 Å². The standard InChI is InChI=1S/C17H27NO4/c1-12(17(2)6-5-7-22-17)18-11-16(19)13-8-14(20-3)10-15(9-13)21-4/h8-10,12,16,18-19H,5-7,11H2,1-4H3/t12-,16+,17+/m0/s1. The maximum absolute atomic E-state index is 10.4. The lowest BCUT2D eigenvalue weighted by molar-refractivity contribution is -0.00942. The molecule has 0 bridgehead atoms. The molecule has 5 nitrogen and oxygen atoms in total. The third-order valence-corrected chi connectivity index (χ3v) is 4.54. The summed E-state index contributed by atoms with van der Waals surface area (Å²) in [4.78, 5) is 0. The van der Waals surface area contributed by atoms with Gasteiger partial charge in [-0.3, -0.25) is 0 Å². The van der Waals surface area contributed by atoms with Gasteiger partial charge in [0.05, 0.1) is 25.9 Å². The molecule has 0 amide bonds. The van der Waals surface area contributed by atoms with Crippen molar-refractivity contribution in [3.63, 3.8) is 0 Å². The van der Waals surface area contributed by atoms with E-state index >= 15 is 0 Å². The van der Waals surface area contributed by atoms with Crippen LogP contribution in [0.1, 0.15) is 38.4 Å². The van der Waals surface area contributed by atoms with Crippen LogP contribution in [0.2, 0.25) is 0 Å². The molecule has 3 atom stereocenters. The van der Waals surface area contributed by atoms with Gasteiger partial charge in [-0.2, -0.15) is 0 Å². The van der Waals surface area contributed by atoms with E-state index in [1.165, 1.54) is 0 Å². The molecule has 22 heavy (non-hydrogen) atoms. The zero-order chi connectivity index (χ0) is 16.2. The van der Waals surface area contributed by atoms with Gasteiger partial charge < -0.3 is 24.6 Å². The molecular weight excluding hydrogens is 282 g/mol. The fraction of sp³-hybridized carbons (Fsp3) is 0.647. The van der Waals surface area contributed by atoms with Crippen molar-refractivity contribution in [1.82, 2.24) is 5.32 Å². The van der Waals surface area contributed by atoms with E-state index in [2.05, 4.69) is 19.2 Å². The molecule has 1 saturated heterocycles. The highest BCUT2D eigenvalue weighted by Gasteiger charge is 2.35. The zero-order valence-corrected chi connectivity index (χ0v) is 13.9. The Morgan fingerprint density at radius 2 is 1.91 bits per heavy atom. The fourth-order valence-electron chi connectivity index (χ4n) is 2.79. The SMILES string of the molecule is COc1cc(OC)cc([C@H](O)CN[C@@H](C)[C@@]2(C)CCCO2)c1. The average molecular weight is 309 g/mol. The molecular formula is C17H27NO4. The molecule has 1 aromatic rings. The van der Waals surface area contributed by atoms with E-state index in [9.17, 15) is 5.11 Å². The molecule has 0 spiro atoms. The van der Waals surface area contributed by atoms with E-state index in [0.717, 1.165) is 25.0 Å². The first-order valence-electron chi connectivity index (χ1n) is 7.77. The third-order valence-electron chi connectivity index (χ3n) is 4.54. The molecule has 2 N–H and O–H groups in total. The summed E-state index contributed by atoms with van der Waals surface area (Å²) in [5, 5.41) is 13.8. The summed E-state index contributed by atoms with van der Waals surface area (Å²) in [6, 6.07) is 5.62. The molecule has 2 rings (SSSR count). The quantitative estimate of drug-likeness (QED) is 0.809. The summed E-state index contributed by atoms with van der Waals surface area (Å²) in [5.74, 6) is 1.35. The summed E-state index contributed by atoms with van der Waals surface area (Å²) in [6.45, 7) is 5.50. The molecule has 1 aliphatic heterocycles. The second-order valence-corrected chi connectivity index (χ2v) is 6.06. The van der Waals surface area contributed by atoms with E-state index in [1.54, 1.807) is 20.3 Å². The van der Waals surface area contributed by atoms with Crippen LogP contribution >= 0.6 is 0 Å². The number of ether oxygens (including phenoxy) is 3. The molecule has 124 valence electrons. The van der Waals surface area contributed by atoms with E-state index in [0.29, 0.717) is 18.0 Å². The van der Waals surface area contributed by atoms with E-state index < -0.39 is 6.10 Å². The van der Waals surface area contributed by atoms with Crippen LogP contribution in [0.3, 0.4) is 0 Å². The normalized spacial score (nSPS) is 24.0. The first-order chi connectivity index (χ1) is 10.5. The highest BCUT2D eigenvalue weighted by Crippen LogP contribution is 2.29. The van der Waals surface area contributed by atoms with Crippen molar-refractivity contribution in [2.75, 3.05) is 27.4 Å². The zero-order valence-electron chi connectivity index (χ0n) is 13.9. The van der Waals surface area contributed by atoms with Gasteiger partial charge in [0, 0.05) is 25.3 Å². The van der Waals surface area contributed by atoms with Gasteiger partial charge >= 0.3 is 0 Å². The number of methoxy groups -OCH3 is 2. The van der Waals surface area contributed by atoms with Crippen LogP contribution in [-0.2, 0) is 4.74 Å². The smallest absolute Gasteiger partial charge is 0.122 e. The molecule has 1 fully saturated rings. The van der Waals surface area contributed by atoms with Crippen LogP contribution < -0.4 is 14.8 Å². The van der Waals surface area contributed by atoms with Gasteiger partial charge in [-0.15, -0.1) is 0 Å². The molecule has 1 aromatic carbocycles. The highest BCUT2D eigenvalue weighted by atomic mass is 16.5. The maximum atomic E-state index is 10.4. The number of rotatable bonds is 7. The minimum Gasteiger partial charge on any atom is -0.497 e. The topological polar surface area (TPSA) is 60.0 Å². The molecule has 0 saturated carbocycles. The van der Waals surface area contributed by atoms with Crippen LogP contribution in [0.15, 0.2) is 18.2 Å². The molecule has 0 radical (unpaired) electrons. The first kappa shape index (κ1) is 17.1. The van der Waals surface area contributed by atoms with Crippen molar-refractivity contribution in [2.45, 2.75) is 44.4 Å². The van der Waals surface area contributed by atoms with E-state index in [1.807, 2.05) is 12.1 Å². The lowest BCUT2D eigenvalue weighted by Gasteiger charge is -2.32. The van der Waals surface area contributed by atoms with Crippen molar-refractivity contribution in [3.05, 3.63) is 23.8 Å². The van der Waals surface area contributed by atoms with E-state index in [4.69, 9.17) is 14.2 Å². The van der Waals surface area contributed by atoms with Crippen LogP contribution in [0.5, 0.6) is 11.5 Å². The summed E-state index contributed by atoms with van der Waals surface area (Å²) >= 11 is 0. The largest absolute Gasteiger partial charge is 0.497 e. The number of hydrogen-bond acceptors (Lipinski definition) is 5. The minimum absolute atomic E-state index is 0.147. The van der Waals surface area contributed by atoms with Gasteiger partial charge in [-0.25, -0.2) is 0 Å². The molecule has 0 unspecified atom stereocenters. The Hall–Kier alpha value is -1.30. The summed E-state index contributed by atoms with van der Waals surface area (Å²) in [5.41, 5.74) is 0.625. The Labute approximate surface area is 132 Å². The lowest BCUT2D eigenvalue weighted by atomic mass is 9.94. The van der Waals surface area contributed by atoms with Gasteiger partial charge in [0.25, 0.3) is 0 Å². The van der Waals surface area contributed by atoms with Crippen molar-refractivity contribution in [3.8, 4) is 11.5 Å².